The molecule has 0 aliphatic carbocycles. The summed E-state index contributed by atoms with van der Waals surface area (Å²) in [7, 11) is 2.02. The molecule has 0 radical (unpaired) electrons. The molecule has 2 heterocycles. The van der Waals surface area contributed by atoms with Crippen LogP contribution in [0.3, 0.4) is 0 Å². The standard InChI is InChI=1S/C17H17BrN4O/c1-12-20-17(23-21-12)15-4-3-10-19-16(15)22(2)11-9-13-5-7-14(18)8-6-13/h3-8,10H,9,11H2,1-2H3. The van der Waals surface area contributed by atoms with Gasteiger partial charge in [-0.25, -0.2) is 4.98 Å². The van der Waals surface area contributed by atoms with Crippen molar-refractivity contribution in [2.45, 2.75) is 13.3 Å². The maximum Gasteiger partial charge on any atom is 0.261 e. The lowest BCUT2D eigenvalue weighted by Gasteiger charge is -2.20. The van der Waals surface area contributed by atoms with Crippen molar-refractivity contribution in [1.82, 2.24) is 15.1 Å². The lowest BCUT2D eigenvalue weighted by atomic mass is 10.1. The topological polar surface area (TPSA) is 55.1 Å². The van der Waals surface area contributed by atoms with E-state index >= 15 is 0 Å². The van der Waals surface area contributed by atoms with E-state index in [0.717, 1.165) is 28.8 Å². The van der Waals surface area contributed by atoms with E-state index in [1.807, 2.05) is 19.2 Å². The van der Waals surface area contributed by atoms with Gasteiger partial charge in [-0.15, -0.1) is 0 Å². The van der Waals surface area contributed by atoms with E-state index in [1.54, 1.807) is 13.1 Å². The molecule has 3 rings (SSSR count). The number of nitrogens with zero attached hydrogens (tertiary/aromatic N) is 4. The van der Waals surface area contributed by atoms with Gasteiger partial charge in [-0.3, -0.25) is 0 Å². The fourth-order valence-corrected chi connectivity index (χ4v) is 2.59. The Morgan fingerprint density at radius 3 is 2.65 bits per heavy atom. The van der Waals surface area contributed by atoms with Crippen LogP contribution >= 0.6 is 15.9 Å². The van der Waals surface area contributed by atoms with E-state index in [0.29, 0.717) is 11.7 Å². The van der Waals surface area contributed by atoms with Crippen molar-refractivity contribution in [2.75, 3.05) is 18.5 Å². The molecule has 2 aromatic heterocycles. The molecule has 0 atom stereocenters. The molecule has 5 nitrogen and oxygen atoms in total. The Bertz CT molecular complexity index is 785. The largest absolute Gasteiger partial charge is 0.359 e. The molecular formula is C17H17BrN4O. The van der Waals surface area contributed by atoms with Crippen LogP contribution in [0.25, 0.3) is 11.5 Å². The van der Waals surface area contributed by atoms with Crippen LogP contribution in [0.4, 0.5) is 5.82 Å². The minimum atomic E-state index is 0.501. The average Bonchev–Trinajstić information content (AvgIpc) is 3.00. The molecule has 23 heavy (non-hydrogen) atoms. The summed E-state index contributed by atoms with van der Waals surface area (Å²) in [4.78, 5) is 10.9. The minimum absolute atomic E-state index is 0.501. The predicted molar refractivity (Wildman–Crippen MR) is 93.4 cm³/mol. The number of halogens is 1. The number of pyridine rings is 1. The zero-order valence-corrected chi connectivity index (χ0v) is 14.6. The molecule has 0 unspecified atom stereocenters. The summed E-state index contributed by atoms with van der Waals surface area (Å²) in [5.41, 5.74) is 2.14. The van der Waals surface area contributed by atoms with E-state index in [9.17, 15) is 0 Å². The molecule has 0 saturated heterocycles. The molecule has 0 spiro atoms. The van der Waals surface area contributed by atoms with Gasteiger partial charge in [-0.2, -0.15) is 4.98 Å². The summed E-state index contributed by atoms with van der Waals surface area (Å²) in [5.74, 6) is 1.96. The first-order valence-corrected chi connectivity index (χ1v) is 8.14. The third-order valence-corrected chi connectivity index (χ3v) is 4.08. The van der Waals surface area contributed by atoms with Crippen LogP contribution in [-0.4, -0.2) is 28.7 Å². The molecule has 0 N–H and O–H groups in total. The number of rotatable bonds is 5. The maximum atomic E-state index is 5.28. The lowest BCUT2D eigenvalue weighted by molar-refractivity contribution is 0.425. The van der Waals surface area contributed by atoms with Gasteiger partial charge in [-0.05, 0) is 43.2 Å². The van der Waals surface area contributed by atoms with Crippen LogP contribution in [0.15, 0.2) is 51.6 Å². The van der Waals surface area contributed by atoms with Gasteiger partial charge in [0.05, 0.1) is 5.56 Å². The van der Waals surface area contributed by atoms with Gasteiger partial charge in [0, 0.05) is 24.3 Å². The Kier molecular flexibility index (Phi) is 4.71. The number of benzene rings is 1. The SMILES string of the molecule is Cc1noc(-c2cccnc2N(C)CCc2ccc(Br)cc2)n1. The van der Waals surface area contributed by atoms with Crippen molar-refractivity contribution in [3.05, 3.63) is 58.5 Å². The summed E-state index contributed by atoms with van der Waals surface area (Å²) in [6, 6.07) is 12.2. The molecule has 0 saturated carbocycles. The van der Waals surface area contributed by atoms with Crippen molar-refractivity contribution < 1.29 is 4.52 Å². The highest BCUT2D eigenvalue weighted by Gasteiger charge is 2.15. The van der Waals surface area contributed by atoms with Crippen LogP contribution in [0, 0.1) is 6.92 Å². The first-order valence-electron chi connectivity index (χ1n) is 7.35. The third-order valence-electron chi connectivity index (χ3n) is 3.56. The van der Waals surface area contributed by atoms with E-state index in [4.69, 9.17) is 4.52 Å². The van der Waals surface area contributed by atoms with Crippen molar-refractivity contribution in [2.24, 2.45) is 0 Å². The number of aromatic nitrogens is 3. The van der Waals surface area contributed by atoms with E-state index in [1.165, 1.54) is 5.56 Å². The highest BCUT2D eigenvalue weighted by atomic mass is 79.9. The Balaban J connectivity index is 1.77. The molecule has 1 aromatic carbocycles. The Morgan fingerprint density at radius 2 is 1.96 bits per heavy atom. The summed E-state index contributed by atoms with van der Waals surface area (Å²) in [6.45, 7) is 2.65. The molecular weight excluding hydrogens is 356 g/mol. The van der Waals surface area contributed by atoms with Gasteiger partial charge < -0.3 is 9.42 Å². The van der Waals surface area contributed by atoms with Crippen LogP contribution < -0.4 is 4.90 Å². The summed E-state index contributed by atoms with van der Waals surface area (Å²) in [6.07, 6.45) is 2.71. The van der Waals surface area contributed by atoms with Crippen molar-refractivity contribution in [1.29, 1.82) is 0 Å². The van der Waals surface area contributed by atoms with Crippen molar-refractivity contribution in [3.8, 4) is 11.5 Å². The molecule has 6 heteroatoms. The molecule has 3 aromatic rings. The van der Waals surface area contributed by atoms with Gasteiger partial charge >= 0.3 is 0 Å². The minimum Gasteiger partial charge on any atom is -0.359 e. The average molecular weight is 373 g/mol. The van der Waals surface area contributed by atoms with Gasteiger partial charge in [-0.1, -0.05) is 33.2 Å². The smallest absolute Gasteiger partial charge is 0.261 e. The number of aryl methyl sites for hydroxylation is 1. The number of hydrogen-bond acceptors (Lipinski definition) is 5. The normalized spacial score (nSPS) is 10.7. The Hall–Kier alpha value is -2.21. The Labute approximate surface area is 143 Å². The molecule has 0 aliphatic heterocycles. The Morgan fingerprint density at radius 1 is 1.17 bits per heavy atom. The van der Waals surface area contributed by atoms with Gasteiger partial charge in [0.2, 0.25) is 0 Å². The van der Waals surface area contributed by atoms with Gasteiger partial charge in [0.1, 0.15) is 5.82 Å². The molecule has 0 aliphatic rings. The summed E-state index contributed by atoms with van der Waals surface area (Å²) in [5, 5.41) is 3.86. The fraction of sp³-hybridized carbons (Fsp3) is 0.235. The van der Waals surface area contributed by atoms with Crippen LogP contribution in [-0.2, 0) is 6.42 Å². The van der Waals surface area contributed by atoms with Crippen molar-refractivity contribution >= 4 is 21.7 Å². The van der Waals surface area contributed by atoms with Crippen LogP contribution in [0.2, 0.25) is 0 Å². The zero-order valence-electron chi connectivity index (χ0n) is 13.0. The molecule has 118 valence electrons. The second-order valence-corrected chi connectivity index (χ2v) is 6.24. The zero-order chi connectivity index (χ0) is 16.2. The second-order valence-electron chi connectivity index (χ2n) is 5.32. The van der Waals surface area contributed by atoms with Gasteiger partial charge in [0.15, 0.2) is 5.82 Å². The van der Waals surface area contributed by atoms with E-state index in [2.05, 4.69) is 60.2 Å². The molecule has 0 bridgehead atoms. The quantitative estimate of drug-likeness (QED) is 0.679. The first kappa shape index (κ1) is 15.7. The van der Waals surface area contributed by atoms with Crippen LogP contribution in [0.1, 0.15) is 11.4 Å². The summed E-state index contributed by atoms with van der Waals surface area (Å²) >= 11 is 3.46. The highest BCUT2D eigenvalue weighted by Crippen LogP contribution is 2.26. The highest BCUT2D eigenvalue weighted by molar-refractivity contribution is 9.10. The van der Waals surface area contributed by atoms with E-state index in [-0.39, 0.29) is 0 Å². The first-order chi connectivity index (χ1) is 11.1. The second kappa shape index (κ2) is 6.91. The number of anilines is 1. The molecule has 0 amide bonds. The lowest BCUT2D eigenvalue weighted by Crippen LogP contribution is -2.22. The van der Waals surface area contributed by atoms with Crippen molar-refractivity contribution in [3.63, 3.8) is 0 Å². The van der Waals surface area contributed by atoms with Crippen LogP contribution in [0.5, 0.6) is 0 Å². The maximum absolute atomic E-state index is 5.28. The van der Waals surface area contributed by atoms with Gasteiger partial charge in [0.25, 0.3) is 5.89 Å². The monoisotopic (exact) mass is 372 g/mol. The summed E-state index contributed by atoms with van der Waals surface area (Å²) < 4.78 is 6.38. The van der Waals surface area contributed by atoms with E-state index < -0.39 is 0 Å². The molecule has 0 fully saturated rings. The number of hydrogen-bond donors (Lipinski definition) is 0. The number of likely N-dealkylation sites (N-methyl/N-ethyl adjacent to an activating group) is 1. The fourth-order valence-electron chi connectivity index (χ4n) is 2.33. The predicted octanol–water partition coefficient (Wildman–Crippen LogP) is 3.88. The third kappa shape index (κ3) is 3.76.